The van der Waals surface area contributed by atoms with E-state index in [1.807, 2.05) is 6.92 Å². The van der Waals surface area contributed by atoms with Crippen LogP contribution in [0.4, 0.5) is 0 Å². The van der Waals surface area contributed by atoms with Gasteiger partial charge < -0.3 is 14.8 Å². The van der Waals surface area contributed by atoms with Gasteiger partial charge in [-0.2, -0.15) is 0 Å². The lowest BCUT2D eigenvalue weighted by Crippen LogP contribution is -2.20. The van der Waals surface area contributed by atoms with Gasteiger partial charge in [0.1, 0.15) is 5.75 Å². The molecule has 0 amide bonds. The number of ether oxygens (including phenoxy) is 2. The summed E-state index contributed by atoms with van der Waals surface area (Å²) in [6, 6.07) is 6.74. The van der Waals surface area contributed by atoms with Crippen molar-refractivity contribution in [2.24, 2.45) is 0 Å². The summed E-state index contributed by atoms with van der Waals surface area (Å²) in [6.45, 7) is 14.9. The molecule has 0 aliphatic heterocycles. The molecule has 1 unspecified atom stereocenters. The Labute approximate surface area is 130 Å². The van der Waals surface area contributed by atoms with Gasteiger partial charge in [-0.1, -0.05) is 13.0 Å². The van der Waals surface area contributed by atoms with E-state index in [0.717, 1.165) is 24.3 Å². The Morgan fingerprint density at radius 2 is 1.90 bits per heavy atom. The molecule has 1 aromatic carbocycles. The normalized spacial score (nSPS) is 13.2. The number of hydrogen-bond donors (Lipinski definition) is 1. The van der Waals surface area contributed by atoms with Gasteiger partial charge in [-0.25, -0.2) is 0 Å². The van der Waals surface area contributed by atoms with Crippen molar-refractivity contribution in [3.05, 3.63) is 29.3 Å². The van der Waals surface area contributed by atoms with Crippen LogP contribution in [0.3, 0.4) is 0 Å². The van der Waals surface area contributed by atoms with Gasteiger partial charge >= 0.3 is 0 Å². The average Bonchev–Trinajstić information content (AvgIpc) is 2.43. The molecule has 0 spiro atoms. The number of rotatable bonds is 8. The molecule has 3 heteroatoms. The van der Waals surface area contributed by atoms with Crippen LogP contribution in [0.15, 0.2) is 18.2 Å². The predicted octanol–water partition coefficient (Wildman–Crippen LogP) is 4.46. The summed E-state index contributed by atoms with van der Waals surface area (Å²) in [6.07, 6.45) is 1.14. The smallest absolute Gasteiger partial charge is 0.124 e. The number of benzene rings is 1. The van der Waals surface area contributed by atoms with Crippen LogP contribution < -0.4 is 10.1 Å². The molecule has 3 nitrogen and oxygen atoms in total. The molecule has 21 heavy (non-hydrogen) atoms. The lowest BCUT2D eigenvalue weighted by molar-refractivity contribution is -0.0158. The van der Waals surface area contributed by atoms with Crippen molar-refractivity contribution in [3.63, 3.8) is 0 Å². The Kier molecular flexibility index (Phi) is 7.20. The van der Waals surface area contributed by atoms with E-state index in [0.29, 0.717) is 19.3 Å². The predicted molar refractivity (Wildman–Crippen MR) is 88.9 cm³/mol. The Morgan fingerprint density at radius 3 is 2.48 bits per heavy atom. The van der Waals surface area contributed by atoms with Crippen molar-refractivity contribution in [3.8, 4) is 5.75 Å². The Morgan fingerprint density at radius 1 is 1.19 bits per heavy atom. The molecule has 0 saturated heterocycles. The maximum Gasteiger partial charge on any atom is 0.124 e. The SMILES string of the molecule is CCCNC(C)c1ccc(OCC)c(COC(C)(C)C)c1. The van der Waals surface area contributed by atoms with E-state index in [1.165, 1.54) is 5.56 Å². The van der Waals surface area contributed by atoms with Gasteiger partial charge in [0, 0.05) is 11.6 Å². The van der Waals surface area contributed by atoms with Crippen LogP contribution >= 0.6 is 0 Å². The molecule has 0 heterocycles. The fraction of sp³-hybridized carbons (Fsp3) is 0.667. The fourth-order valence-corrected chi connectivity index (χ4v) is 2.05. The largest absolute Gasteiger partial charge is 0.494 e. The van der Waals surface area contributed by atoms with E-state index in [-0.39, 0.29) is 5.60 Å². The maximum absolute atomic E-state index is 5.92. The lowest BCUT2D eigenvalue weighted by Gasteiger charge is -2.22. The standard InChI is InChI=1S/C18H31NO2/c1-7-11-19-14(3)15-9-10-17(20-8-2)16(12-15)13-21-18(4,5)6/h9-10,12,14,19H,7-8,11,13H2,1-6H3. The summed E-state index contributed by atoms with van der Waals surface area (Å²) < 4.78 is 11.6. The maximum atomic E-state index is 5.92. The summed E-state index contributed by atoms with van der Waals surface area (Å²) in [5.74, 6) is 0.924. The van der Waals surface area contributed by atoms with E-state index in [4.69, 9.17) is 9.47 Å². The van der Waals surface area contributed by atoms with Gasteiger partial charge in [-0.15, -0.1) is 0 Å². The highest BCUT2D eigenvalue weighted by molar-refractivity contribution is 5.38. The van der Waals surface area contributed by atoms with Gasteiger partial charge in [0.15, 0.2) is 0 Å². The third kappa shape index (κ3) is 6.49. The second kappa shape index (κ2) is 8.40. The molecule has 0 aromatic heterocycles. The molecule has 0 radical (unpaired) electrons. The summed E-state index contributed by atoms with van der Waals surface area (Å²) in [5, 5.41) is 3.52. The minimum absolute atomic E-state index is 0.147. The molecule has 0 aliphatic rings. The van der Waals surface area contributed by atoms with Crippen LogP contribution in [0.2, 0.25) is 0 Å². The zero-order chi connectivity index (χ0) is 15.9. The van der Waals surface area contributed by atoms with Crippen LogP contribution in [0, 0.1) is 0 Å². The molecule has 1 atom stereocenters. The van der Waals surface area contributed by atoms with E-state index < -0.39 is 0 Å². The van der Waals surface area contributed by atoms with Crippen molar-refractivity contribution in [2.45, 2.75) is 66.2 Å². The Bertz CT molecular complexity index is 424. The van der Waals surface area contributed by atoms with E-state index in [9.17, 15) is 0 Å². The van der Waals surface area contributed by atoms with Crippen molar-refractivity contribution in [1.82, 2.24) is 5.32 Å². The molecule has 0 bridgehead atoms. The van der Waals surface area contributed by atoms with Crippen LogP contribution in [0.25, 0.3) is 0 Å². The van der Waals surface area contributed by atoms with E-state index in [1.54, 1.807) is 0 Å². The van der Waals surface area contributed by atoms with Crippen LogP contribution in [-0.2, 0) is 11.3 Å². The van der Waals surface area contributed by atoms with Crippen molar-refractivity contribution >= 4 is 0 Å². The van der Waals surface area contributed by atoms with Crippen molar-refractivity contribution < 1.29 is 9.47 Å². The molecule has 1 rings (SSSR count). The van der Waals surface area contributed by atoms with Gasteiger partial charge in [-0.05, 0) is 65.3 Å². The second-order valence-corrected chi connectivity index (χ2v) is 6.38. The first-order valence-corrected chi connectivity index (χ1v) is 8.00. The summed E-state index contributed by atoms with van der Waals surface area (Å²) >= 11 is 0. The van der Waals surface area contributed by atoms with E-state index >= 15 is 0 Å². The quantitative estimate of drug-likeness (QED) is 0.767. The summed E-state index contributed by atoms with van der Waals surface area (Å²) in [7, 11) is 0. The third-order valence-corrected chi connectivity index (χ3v) is 3.25. The summed E-state index contributed by atoms with van der Waals surface area (Å²) in [5.41, 5.74) is 2.25. The molecule has 0 fully saturated rings. The molecule has 1 aromatic rings. The van der Waals surface area contributed by atoms with Gasteiger partial charge in [-0.3, -0.25) is 0 Å². The number of hydrogen-bond acceptors (Lipinski definition) is 3. The first-order valence-electron chi connectivity index (χ1n) is 8.00. The zero-order valence-corrected chi connectivity index (χ0v) is 14.5. The Hall–Kier alpha value is -1.06. The van der Waals surface area contributed by atoms with Crippen LogP contribution in [0.5, 0.6) is 5.75 Å². The molecular weight excluding hydrogens is 262 g/mol. The van der Waals surface area contributed by atoms with Crippen LogP contribution in [-0.4, -0.2) is 18.8 Å². The second-order valence-electron chi connectivity index (χ2n) is 6.38. The van der Waals surface area contributed by atoms with Gasteiger partial charge in [0.2, 0.25) is 0 Å². The number of nitrogens with one attached hydrogen (secondary N) is 1. The first kappa shape index (κ1) is 18.0. The van der Waals surface area contributed by atoms with E-state index in [2.05, 4.69) is 58.1 Å². The highest BCUT2D eigenvalue weighted by atomic mass is 16.5. The first-order chi connectivity index (χ1) is 9.87. The molecule has 0 aliphatic carbocycles. The molecule has 1 N–H and O–H groups in total. The van der Waals surface area contributed by atoms with Crippen molar-refractivity contribution in [2.75, 3.05) is 13.2 Å². The van der Waals surface area contributed by atoms with Gasteiger partial charge in [0.25, 0.3) is 0 Å². The minimum Gasteiger partial charge on any atom is -0.494 e. The third-order valence-electron chi connectivity index (χ3n) is 3.25. The van der Waals surface area contributed by atoms with Crippen LogP contribution in [0.1, 0.15) is 65.1 Å². The Balaban J connectivity index is 2.89. The highest BCUT2D eigenvalue weighted by Crippen LogP contribution is 2.26. The molecule has 0 saturated carbocycles. The van der Waals surface area contributed by atoms with Crippen molar-refractivity contribution in [1.29, 1.82) is 0 Å². The molecular formula is C18H31NO2. The highest BCUT2D eigenvalue weighted by Gasteiger charge is 2.14. The summed E-state index contributed by atoms with van der Waals surface area (Å²) in [4.78, 5) is 0. The lowest BCUT2D eigenvalue weighted by atomic mass is 10.0. The monoisotopic (exact) mass is 293 g/mol. The average molecular weight is 293 g/mol. The fourth-order valence-electron chi connectivity index (χ4n) is 2.05. The minimum atomic E-state index is -0.147. The van der Waals surface area contributed by atoms with Gasteiger partial charge in [0.05, 0.1) is 18.8 Å². The molecule has 120 valence electrons. The zero-order valence-electron chi connectivity index (χ0n) is 14.5. The topological polar surface area (TPSA) is 30.5 Å².